The van der Waals surface area contributed by atoms with E-state index in [0.29, 0.717) is 22.0 Å². The van der Waals surface area contributed by atoms with Crippen molar-refractivity contribution >= 4 is 44.9 Å². The summed E-state index contributed by atoms with van der Waals surface area (Å²) in [6.07, 6.45) is 0.899. The van der Waals surface area contributed by atoms with Crippen molar-refractivity contribution in [3.63, 3.8) is 0 Å². The number of fused-ring (bicyclic) bond motifs is 2. The number of hydrogen-bond donors (Lipinski definition) is 1. The number of thiophene rings is 1. The van der Waals surface area contributed by atoms with Crippen LogP contribution >= 0.6 is 23.1 Å². The van der Waals surface area contributed by atoms with Crippen LogP contribution in [0.1, 0.15) is 18.3 Å². The zero-order chi connectivity index (χ0) is 17.4. The predicted molar refractivity (Wildman–Crippen MR) is 103 cm³/mol. The molecule has 1 N–H and O–H groups in total. The van der Waals surface area contributed by atoms with Gasteiger partial charge in [-0.25, -0.2) is 4.98 Å². The molecule has 1 aromatic carbocycles. The second-order valence-corrected chi connectivity index (χ2v) is 7.99. The molecule has 2 aromatic heterocycles. The number of carbonyl (C=O) groups is 1. The normalized spacial score (nSPS) is 16.4. The number of nitrogens with one attached hydrogen (secondary N) is 1. The third-order valence-corrected chi connectivity index (χ3v) is 6.14. The van der Waals surface area contributed by atoms with Gasteiger partial charge < -0.3 is 9.88 Å². The highest BCUT2D eigenvalue weighted by molar-refractivity contribution is 7.99. The van der Waals surface area contributed by atoms with E-state index in [1.165, 1.54) is 28.7 Å². The standard InChI is InChI=1S/C18H17N3O2S2/c1-11-8-12-4-2-3-5-14(12)21(11)16(22)10-24-9-15-19-13-6-7-25-17(13)18(23)20-15/h2-7,11H,8-10H2,1H3,(H,19,20,23)/t11-/m0/s1. The minimum atomic E-state index is -0.107. The summed E-state index contributed by atoms with van der Waals surface area (Å²) in [5, 5.41) is 1.86. The van der Waals surface area contributed by atoms with E-state index in [0.717, 1.165) is 17.6 Å². The second-order valence-electron chi connectivity index (χ2n) is 6.09. The van der Waals surface area contributed by atoms with Crippen LogP contribution in [0.2, 0.25) is 0 Å². The summed E-state index contributed by atoms with van der Waals surface area (Å²) in [4.78, 5) is 33.8. The van der Waals surface area contributed by atoms with E-state index in [-0.39, 0.29) is 17.5 Å². The Bertz CT molecular complexity index is 995. The number of rotatable bonds is 4. The van der Waals surface area contributed by atoms with Gasteiger partial charge in [-0.1, -0.05) is 18.2 Å². The molecular weight excluding hydrogens is 354 g/mol. The maximum absolute atomic E-state index is 12.7. The molecule has 4 rings (SSSR count). The lowest BCUT2D eigenvalue weighted by Gasteiger charge is -2.22. The number of carbonyl (C=O) groups excluding carboxylic acids is 1. The van der Waals surface area contributed by atoms with Gasteiger partial charge in [0.1, 0.15) is 10.5 Å². The molecule has 1 amide bonds. The first kappa shape index (κ1) is 16.4. The number of aromatic amines is 1. The third kappa shape index (κ3) is 3.09. The van der Waals surface area contributed by atoms with E-state index < -0.39 is 0 Å². The Morgan fingerprint density at radius 2 is 2.24 bits per heavy atom. The molecule has 0 fully saturated rings. The number of benzene rings is 1. The lowest BCUT2D eigenvalue weighted by atomic mass is 10.1. The Morgan fingerprint density at radius 1 is 1.40 bits per heavy atom. The van der Waals surface area contributed by atoms with Crippen molar-refractivity contribution in [3.05, 3.63) is 57.5 Å². The number of hydrogen-bond acceptors (Lipinski definition) is 5. The molecule has 1 aliphatic rings. The zero-order valence-corrected chi connectivity index (χ0v) is 15.3. The van der Waals surface area contributed by atoms with Gasteiger partial charge in [-0.3, -0.25) is 9.59 Å². The summed E-state index contributed by atoms with van der Waals surface area (Å²) < 4.78 is 0.646. The molecule has 0 radical (unpaired) electrons. The van der Waals surface area contributed by atoms with Gasteiger partial charge in [0.2, 0.25) is 5.91 Å². The van der Waals surface area contributed by atoms with E-state index >= 15 is 0 Å². The average Bonchev–Trinajstić information content (AvgIpc) is 3.18. The van der Waals surface area contributed by atoms with Gasteiger partial charge in [-0.05, 0) is 36.4 Å². The Morgan fingerprint density at radius 3 is 3.12 bits per heavy atom. The van der Waals surface area contributed by atoms with Crippen molar-refractivity contribution in [2.24, 2.45) is 0 Å². The van der Waals surface area contributed by atoms with Crippen molar-refractivity contribution < 1.29 is 4.79 Å². The smallest absolute Gasteiger partial charge is 0.268 e. The highest BCUT2D eigenvalue weighted by atomic mass is 32.2. The molecule has 1 aliphatic heterocycles. The van der Waals surface area contributed by atoms with E-state index in [1.54, 1.807) is 0 Å². The Kier molecular flexibility index (Phi) is 4.35. The quantitative estimate of drug-likeness (QED) is 0.765. The van der Waals surface area contributed by atoms with E-state index in [9.17, 15) is 9.59 Å². The molecule has 25 heavy (non-hydrogen) atoms. The minimum Gasteiger partial charge on any atom is -0.309 e. The summed E-state index contributed by atoms with van der Waals surface area (Å²) in [5.41, 5.74) is 2.86. The number of thioether (sulfide) groups is 1. The number of aromatic nitrogens is 2. The van der Waals surface area contributed by atoms with Crippen molar-refractivity contribution in [2.45, 2.75) is 25.1 Å². The largest absolute Gasteiger partial charge is 0.309 e. The number of anilines is 1. The van der Waals surface area contributed by atoms with E-state index in [2.05, 4.69) is 23.0 Å². The number of nitrogens with zero attached hydrogens (tertiary/aromatic N) is 2. The minimum absolute atomic E-state index is 0.0985. The van der Waals surface area contributed by atoms with Gasteiger partial charge in [0.25, 0.3) is 5.56 Å². The van der Waals surface area contributed by atoms with Crippen LogP contribution in [0.25, 0.3) is 10.2 Å². The lowest BCUT2D eigenvalue weighted by Crippen LogP contribution is -2.37. The van der Waals surface area contributed by atoms with Crippen molar-refractivity contribution in [1.82, 2.24) is 9.97 Å². The fourth-order valence-electron chi connectivity index (χ4n) is 3.24. The van der Waals surface area contributed by atoms with Crippen LogP contribution in [0.3, 0.4) is 0 Å². The van der Waals surface area contributed by atoms with Crippen molar-refractivity contribution in [1.29, 1.82) is 0 Å². The second kappa shape index (κ2) is 6.65. The summed E-state index contributed by atoms with van der Waals surface area (Å²) in [7, 11) is 0. The van der Waals surface area contributed by atoms with Crippen LogP contribution in [0.4, 0.5) is 5.69 Å². The molecule has 0 aliphatic carbocycles. The van der Waals surface area contributed by atoms with Gasteiger partial charge in [-0.15, -0.1) is 23.1 Å². The number of amides is 1. The van der Waals surface area contributed by atoms with Crippen LogP contribution in [-0.4, -0.2) is 27.7 Å². The van der Waals surface area contributed by atoms with Gasteiger partial charge in [-0.2, -0.15) is 0 Å². The molecule has 0 spiro atoms. The molecule has 3 heterocycles. The lowest BCUT2D eigenvalue weighted by molar-refractivity contribution is -0.116. The summed E-state index contributed by atoms with van der Waals surface area (Å²) in [6.45, 7) is 2.08. The molecule has 0 saturated carbocycles. The van der Waals surface area contributed by atoms with E-state index in [1.807, 2.05) is 34.5 Å². The van der Waals surface area contributed by atoms with Gasteiger partial charge in [0.15, 0.2) is 0 Å². The molecule has 5 nitrogen and oxygen atoms in total. The van der Waals surface area contributed by atoms with Crippen LogP contribution in [0.15, 0.2) is 40.5 Å². The van der Waals surface area contributed by atoms with Crippen molar-refractivity contribution in [2.75, 3.05) is 10.7 Å². The average molecular weight is 371 g/mol. The highest BCUT2D eigenvalue weighted by Crippen LogP contribution is 2.32. The monoisotopic (exact) mass is 371 g/mol. The molecule has 128 valence electrons. The SMILES string of the molecule is C[C@H]1Cc2ccccc2N1C(=O)CSCc1nc2ccsc2c(=O)[nH]1. The fraction of sp³-hybridized carbons (Fsp3) is 0.278. The predicted octanol–water partition coefficient (Wildman–Crippen LogP) is 3.20. The van der Waals surface area contributed by atoms with Gasteiger partial charge in [0, 0.05) is 11.7 Å². The maximum Gasteiger partial charge on any atom is 0.268 e. The first-order valence-electron chi connectivity index (χ1n) is 8.07. The van der Waals surface area contributed by atoms with Crippen LogP contribution in [0, 0.1) is 0 Å². The first-order valence-corrected chi connectivity index (χ1v) is 10.1. The first-order chi connectivity index (χ1) is 12.1. The molecule has 3 aromatic rings. The molecular formula is C18H17N3O2S2. The highest BCUT2D eigenvalue weighted by Gasteiger charge is 2.30. The van der Waals surface area contributed by atoms with E-state index in [4.69, 9.17) is 0 Å². The summed E-state index contributed by atoms with van der Waals surface area (Å²) in [5.74, 6) is 1.59. The van der Waals surface area contributed by atoms with Crippen molar-refractivity contribution in [3.8, 4) is 0 Å². The molecule has 0 unspecified atom stereocenters. The molecule has 1 atom stereocenters. The topological polar surface area (TPSA) is 66.1 Å². The Hall–Kier alpha value is -2.12. The molecule has 0 bridgehead atoms. The van der Waals surface area contributed by atoms with Gasteiger partial charge in [0.05, 0.1) is 17.0 Å². The number of para-hydroxylation sites is 1. The fourth-order valence-corrected chi connectivity index (χ4v) is 4.71. The van der Waals surface area contributed by atoms with Crippen LogP contribution < -0.4 is 10.5 Å². The van der Waals surface area contributed by atoms with Crippen LogP contribution in [-0.2, 0) is 17.0 Å². The van der Waals surface area contributed by atoms with Gasteiger partial charge >= 0.3 is 0 Å². The molecule has 0 saturated heterocycles. The maximum atomic E-state index is 12.7. The summed E-state index contributed by atoms with van der Waals surface area (Å²) >= 11 is 2.87. The van der Waals surface area contributed by atoms with Crippen LogP contribution in [0.5, 0.6) is 0 Å². The Labute approximate surface area is 153 Å². The third-order valence-electron chi connectivity index (χ3n) is 4.30. The summed E-state index contributed by atoms with van der Waals surface area (Å²) in [6, 6.07) is 10.1. The number of H-pyrrole nitrogens is 1. The Balaban J connectivity index is 1.43. The molecule has 7 heteroatoms. The zero-order valence-electron chi connectivity index (χ0n) is 13.7.